The van der Waals surface area contributed by atoms with Gasteiger partial charge in [0.15, 0.2) is 0 Å². The Hall–Kier alpha value is -1.55. The maximum Gasteiger partial charge on any atom is 0.288 e. The number of aliphatic imine (C=N–C) groups is 1. The van der Waals surface area contributed by atoms with Gasteiger partial charge in [-0.3, -0.25) is 0 Å². The highest BCUT2D eigenvalue weighted by molar-refractivity contribution is 5.76. The highest BCUT2D eigenvalue weighted by Gasteiger charge is 2.32. The van der Waals surface area contributed by atoms with Crippen LogP contribution in [0.2, 0.25) is 0 Å². The Balaban J connectivity index is 1.72. The summed E-state index contributed by atoms with van der Waals surface area (Å²) < 4.78 is 11.4. The molecule has 1 saturated heterocycles. The minimum atomic E-state index is 0.0454. The second-order valence-electron chi connectivity index (χ2n) is 4.70. The zero-order chi connectivity index (χ0) is 12.4. The summed E-state index contributed by atoms with van der Waals surface area (Å²) in [5.41, 5.74) is 1.19. The molecule has 1 aromatic rings. The van der Waals surface area contributed by atoms with Gasteiger partial charge in [0.1, 0.15) is 6.10 Å². The topological polar surface area (TPSA) is 34.1 Å². The number of hydrogen-bond donors (Lipinski definition) is 0. The Labute approximate surface area is 107 Å². The SMILES string of the molecule is CC1N=C(N2CCOCC2)OC1c1ccccc1. The summed E-state index contributed by atoms with van der Waals surface area (Å²) in [5.74, 6) is 0. The molecule has 2 unspecified atom stereocenters. The molecule has 18 heavy (non-hydrogen) atoms. The van der Waals surface area contributed by atoms with E-state index >= 15 is 0 Å². The fourth-order valence-corrected chi connectivity index (χ4v) is 2.38. The smallest absolute Gasteiger partial charge is 0.288 e. The van der Waals surface area contributed by atoms with Crippen LogP contribution in [0.3, 0.4) is 0 Å². The molecule has 0 aromatic heterocycles. The normalized spacial score (nSPS) is 27.8. The van der Waals surface area contributed by atoms with Crippen LogP contribution in [0.5, 0.6) is 0 Å². The average Bonchev–Trinajstić information content (AvgIpc) is 2.83. The molecule has 0 saturated carbocycles. The van der Waals surface area contributed by atoms with Crippen LogP contribution in [0.4, 0.5) is 0 Å². The van der Waals surface area contributed by atoms with Gasteiger partial charge in [-0.05, 0) is 12.5 Å². The predicted octanol–water partition coefficient (Wildman–Crippen LogP) is 1.83. The Morgan fingerprint density at radius 3 is 2.61 bits per heavy atom. The van der Waals surface area contributed by atoms with Crippen LogP contribution in [0.1, 0.15) is 18.6 Å². The molecule has 2 aliphatic heterocycles. The van der Waals surface area contributed by atoms with Crippen molar-refractivity contribution in [3.63, 3.8) is 0 Å². The van der Waals surface area contributed by atoms with E-state index in [1.165, 1.54) is 5.56 Å². The largest absolute Gasteiger partial charge is 0.455 e. The molecule has 2 aliphatic rings. The molecule has 4 nitrogen and oxygen atoms in total. The highest BCUT2D eigenvalue weighted by atomic mass is 16.5. The molecule has 0 N–H and O–H groups in total. The van der Waals surface area contributed by atoms with Gasteiger partial charge in [0, 0.05) is 13.1 Å². The second kappa shape index (κ2) is 4.98. The van der Waals surface area contributed by atoms with E-state index in [2.05, 4.69) is 28.9 Å². The predicted molar refractivity (Wildman–Crippen MR) is 69.6 cm³/mol. The quantitative estimate of drug-likeness (QED) is 0.758. The number of nitrogens with zero attached hydrogens (tertiary/aromatic N) is 2. The first-order valence-corrected chi connectivity index (χ1v) is 6.47. The average molecular weight is 246 g/mol. The number of hydrogen-bond acceptors (Lipinski definition) is 4. The van der Waals surface area contributed by atoms with E-state index < -0.39 is 0 Å². The van der Waals surface area contributed by atoms with Crippen LogP contribution < -0.4 is 0 Å². The molecule has 0 aliphatic carbocycles. The summed E-state index contributed by atoms with van der Waals surface area (Å²) in [4.78, 5) is 6.80. The molecule has 0 amide bonds. The third kappa shape index (κ3) is 2.20. The minimum absolute atomic E-state index is 0.0454. The summed E-state index contributed by atoms with van der Waals surface area (Å²) in [6.07, 6.45) is 0.0454. The number of ether oxygens (including phenoxy) is 2. The third-order valence-electron chi connectivity index (χ3n) is 3.39. The van der Waals surface area contributed by atoms with E-state index in [9.17, 15) is 0 Å². The zero-order valence-corrected chi connectivity index (χ0v) is 10.6. The van der Waals surface area contributed by atoms with Crippen LogP contribution in [-0.2, 0) is 9.47 Å². The molecule has 3 rings (SSSR count). The van der Waals surface area contributed by atoms with Crippen molar-refractivity contribution in [3.8, 4) is 0 Å². The first kappa shape index (κ1) is 11.5. The molecular formula is C14H18N2O2. The molecule has 96 valence electrons. The molecule has 4 heteroatoms. The lowest BCUT2D eigenvalue weighted by Crippen LogP contribution is -2.41. The van der Waals surface area contributed by atoms with Crippen molar-refractivity contribution in [2.75, 3.05) is 26.3 Å². The fourth-order valence-electron chi connectivity index (χ4n) is 2.38. The van der Waals surface area contributed by atoms with E-state index in [4.69, 9.17) is 9.47 Å². The maximum absolute atomic E-state index is 6.02. The first-order chi connectivity index (χ1) is 8.84. The van der Waals surface area contributed by atoms with Crippen molar-refractivity contribution in [2.45, 2.75) is 19.1 Å². The van der Waals surface area contributed by atoms with Gasteiger partial charge in [-0.2, -0.15) is 0 Å². The lowest BCUT2D eigenvalue weighted by atomic mass is 10.0. The monoisotopic (exact) mass is 246 g/mol. The molecular weight excluding hydrogens is 228 g/mol. The Morgan fingerprint density at radius 2 is 1.89 bits per heavy atom. The molecule has 0 radical (unpaired) electrons. The highest BCUT2D eigenvalue weighted by Crippen LogP contribution is 2.29. The summed E-state index contributed by atoms with van der Waals surface area (Å²) in [5, 5.41) is 0. The van der Waals surface area contributed by atoms with Crippen molar-refractivity contribution in [2.24, 2.45) is 4.99 Å². The maximum atomic E-state index is 6.02. The molecule has 1 aromatic carbocycles. The van der Waals surface area contributed by atoms with Crippen molar-refractivity contribution in [1.29, 1.82) is 0 Å². The summed E-state index contributed by atoms with van der Waals surface area (Å²) >= 11 is 0. The lowest BCUT2D eigenvalue weighted by Gasteiger charge is -2.28. The van der Waals surface area contributed by atoms with Crippen LogP contribution in [0.25, 0.3) is 0 Å². The van der Waals surface area contributed by atoms with Crippen LogP contribution >= 0.6 is 0 Å². The Morgan fingerprint density at radius 1 is 1.17 bits per heavy atom. The zero-order valence-electron chi connectivity index (χ0n) is 10.6. The van der Waals surface area contributed by atoms with E-state index in [0.717, 1.165) is 32.3 Å². The molecule has 0 spiro atoms. The van der Waals surface area contributed by atoms with Gasteiger partial charge >= 0.3 is 0 Å². The molecule has 1 fully saturated rings. The van der Waals surface area contributed by atoms with Gasteiger partial charge in [-0.25, -0.2) is 4.99 Å². The molecule has 0 bridgehead atoms. The number of amidine groups is 1. The minimum Gasteiger partial charge on any atom is -0.455 e. The van der Waals surface area contributed by atoms with Crippen molar-refractivity contribution < 1.29 is 9.47 Å². The van der Waals surface area contributed by atoms with Crippen molar-refractivity contribution >= 4 is 6.02 Å². The summed E-state index contributed by atoms with van der Waals surface area (Å²) in [7, 11) is 0. The Kier molecular flexibility index (Phi) is 3.19. The van der Waals surface area contributed by atoms with Gasteiger partial charge < -0.3 is 14.4 Å². The van der Waals surface area contributed by atoms with E-state index in [0.29, 0.717) is 0 Å². The second-order valence-corrected chi connectivity index (χ2v) is 4.70. The van der Waals surface area contributed by atoms with Crippen LogP contribution in [-0.4, -0.2) is 43.3 Å². The number of rotatable bonds is 1. The van der Waals surface area contributed by atoms with Gasteiger partial charge in [0.2, 0.25) is 0 Å². The van der Waals surface area contributed by atoms with Gasteiger partial charge in [-0.1, -0.05) is 30.3 Å². The number of benzene rings is 1. The van der Waals surface area contributed by atoms with Gasteiger partial charge in [0.05, 0.1) is 19.3 Å². The van der Waals surface area contributed by atoms with Gasteiger partial charge in [-0.15, -0.1) is 0 Å². The third-order valence-corrected chi connectivity index (χ3v) is 3.39. The lowest BCUT2D eigenvalue weighted by molar-refractivity contribution is 0.0519. The fraction of sp³-hybridized carbons (Fsp3) is 0.500. The summed E-state index contributed by atoms with van der Waals surface area (Å²) in [6.45, 7) is 5.35. The summed E-state index contributed by atoms with van der Waals surface area (Å²) in [6, 6.07) is 11.2. The van der Waals surface area contributed by atoms with E-state index in [1.54, 1.807) is 0 Å². The van der Waals surface area contributed by atoms with Gasteiger partial charge in [0.25, 0.3) is 6.02 Å². The standard InChI is InChI=1S/C14H18N2O2/c1-11-13(12-5-3-2-4-6-12)18-14(15-11)16-7-9-17-10-8-16/h2-6,11,13H,7-10H2,1H3. The van der Waals surface area contributed by atoms with Crippen LogP contribution in [0.15, 0.2) is 35.3 Å². The Bertz CT molecular complexity index is 427. The van der Waals surface area contributed by atoms with Crippen LogP contribution in [0, 0.1) is 0 Å². The van der Waals surface area contributed by atoms with E-state index in [-0.39, 0.29) is 12.1 Å². The molecule has 2 atom stereocenters. The molecule has 2 heterocycles. The van der Waals surface area contributed by atoms with E-state index in [1.807, 2.05) is 18.2 Å². The van der Waals surface area contributed by atoms with Crippen molar-refractivity contribution in [3.05, 3.63) is 35.9 Å². The number of morpholine rings is 1. The van der Waals surface area contributed by atoms with Crippen molar-refractivity contribution in [1.82, 2.24) is 4.90 Å². The first-order valence-electron chi connectivity index (χ1n) is 6.47.